The van der Waals surface area contributed by atoms with Gasteiger partial charge >= 0.3 is 0 Å². The summed E-state index contributed by atoms with van der Waals surface area (Å²) in [6.45, 7) is 6.28. The van der Waals surface area contributed by atoms with Crippen LogP contribution in [0.25, 0.3) is 0 Å². The van der Waals surface area contributed by atoms with Crippen molar-refractivity contribution in [3.63, 3.8) is 0 Å². The standard InChI is InChI=1S/C23H24ClN3O3S/c1-23(2,3)16-10-8-15(9-11-16)22(28)26-17-12-13-19(25)21(14-17)31(29,30)27-20-7-5-4-6-18(20)24/h4-14,27H,25H2,1-3H3,(H,26,28). The van der Waals surface area contributed by atoms with Gasteiger partial charge in [-0.25, -0.2) is 8.42 Å². The maximum absolute atomic E-state index is 12.9. The fourth-order valence-corrected chi connectivity index (χ4v) is 4.39. The van der Waals surface area contributed by atoms with Gasteiger partial charge in [0.1, 0.15) is 4.90 Å². The van der Waals surface area contributed by atoms with Gasteiger partial charge in [0, 0.05) is 11.3 Å². The lowest BCUT2D eigenvalue weighted by Gasteiger charge is -2.19. The molecule has 4 N–H and O–H groups in total. The molecule has 6 nitrogen and oxygen atoms in total. The van der Waals surface area contributed by atoms with E-state index in [-0.39, 0.29) is 32.6 Å². The van der Waals surface area contributed by atoms with E-state index in [9.17, 15) is 13.2 Å². The van der Waals surface area contributed by atoms with Crippen molar-refractivity contribution in [2.24, 2.45) is 0 Å². The van der Waals surface area contributed by atoms with E-state index in [0.717, 1.165) is 5.56 Å². The van der Waals surface area contributed by atoms with Gasteiger partial charge in [-0.15, -0.1) is 0 Å². The van der Waals surface area contributed by atoms with Crippen LogP contribution in [0, 0.1) is 0 Å². The monoisotopic (exact) mass is 457 g/mol. The third kappa shape index (κ3) is 5.37. The number of hydrogen-bond donors (Lipinski definition) is 3. The zero-order valence-corrected chi connectivity index (χ0v) is 19.0. The smallest absolute Gasteiger partial charge is 0.264 e. The zero-order chi connectivity index (χ0) is 22.8. The largest absolute Gasteiger partial charge is 0.398 e. The molecule has 1 amide bonds. The summed E-state index contributed by atoms with van der Waals surface area (Å²) in [6, 6.07) is 18.1. The van der Waals surface area contributed by atoms with Gasteiger partial charge in [-0.1, -0.05) is 56.6 Å². The van der Waals surface area contributed by atoms with E-state index in [4.69, 9.17) is 17.3 Å². The van der Waals surface area contributed by atoms with Crippen molar-refractivity contribution >= 4 is 44.6 Å². The van der Waals surface area contributed by atoms with Gasteiger partial charge in [-0.05, 0) is 53.4 Å². The molecule has 0 saturated carbocycles. The van der Waals surface area contributed by atoms with Gasteiger partial charge in [0.2, 0.25) is 0 Å². The Bertz CT molecular complexity index is 1220. The Morgan fingerprint density at radius 3 is 2.23 bits per heavy atom. The molecule has 0 heterocycles. The van der Waals surface area contributed by atoms with Gasteiger partial charge in [0.15, 0.2) is 0 Å². The quantitative estimate of drug-likeness (QED) is 0.454. The maximum atomic E-state index is 12.9. The number of benzene rings is 3. The summed E-state index contributed by atoms with van der Waals surface area (Å²) >= 11 is 6.05. The van der Waals surface area contributed by atoms with Crippen LogP contribution in [-0.2, 0) is 15.4 Å². The number of halogens is 1. The minimum Gasteiger partial charge on any atom is -0.398 e. The molecule has 31 heavy (non-hydrogen) atoms. The molecule has 0 spiro atoms. The number of carbonyl (C=O) groups excluding carboxylic acids is 1. The molecule has 162 valence electrons. The highest BCUT2D eigenvalue weighted by Gasteiger charge is 2.20. The number of carbonyl (C=O) groups is 1. The molecule has 0 radical (unpaired) electrons. The normalized spacial score (nSPS) is 11.7. The van der Waals surface area contributed by atoms with Crippen molar-refractivity contribution in [2.75, 3.05) is 15.8 Å². The lowest BCUT2D eigenvalue weighted by molar-refractivity contribution is 0.102. The summed E-state index contributed by atoms with van der Waals surface area (Å²) in [7, 11) is -4.02. The van der Waals surface area contributed by atoms with Crippen molar-refractivity contribution in [2.45, 2.75) is 31.1 Å². The molecule has 0 unspecified atom stereocenters. The highest BCUT2D eigenvalue weighted by molar-refractivity contribution is 7.93. The third-order valence-corrected chi connectivity index (χ3v) is 6.44. The predicted molar refractivity (Wildman–Crippen MR) is 126 cm³/mol. The number of sulfonamides is 1. The Hall–Kier alpha value is -3.03. The molecule has 3 aromatic rings. The van der Waals surface area contributed by atoms with Gasteiger partial charge in [0.05, 0.1) is 16.4 Å². The molecule has 0 aliphatic rings. The highest BCUT2D eigenvalue weighted by atomic mass is 35.5. The molecular formula is C23H24ClN3O3S. The summed E-state index contributed by atoms with van der Waals surface area (Å²) in [5.41, 5.74) is 8.03. The molecule has 3 aromatic carbocycles. The molecule has 0 atom stereocenters. The summed E-state index contributed by atoms with van der Waals surface area (Å²) in [5.74, 6) is -0.354. The number of amides is 1. The first-order valence-corrected chi connectivity index (χ1v) is 11.4. The SMILES string of the molecule is CC(C)(C)c1ccc(C(=O)Nc2ccc(N)c(S(=O)(=O)Nc3ccccc3Cl)c2)cc1. The molecule has 8 heteroatoms. The van der Waals surface area contributed by atoms with Crippen molar-refractivity contribution in [3.05, 3.63) is 82.9 Å². The minimum absolute atomic E-state index is 0.0239. The molecule has 3 rings (SSSR count). The summed E-state index contributed by atoms with van der Waals surface area (Å²) < 4.78 is 28.1. The van der Waals surface area contributed by atoms with Crippen molar-refractivity contribution in [3.8, 4) is 0 Å². The van der Waals surface area contributed by atoms with Crippen LogP contribution in [0.5, 0.6) is 0 Å². The number of anilines is 3. The van der Waals surface area contributed by atoms with Crippen LogP contribution in [0.2, 0.25) is 5.02 Å². The highest BCUT2D eigenvalue weighted by Crippen LogP contribution is 2.28. The Labute approximate surface area is 187 Å². The van der Waals surface area contributed by atoms with Crippen LogP contribution in [-0.4, -0.2) is 14.3 Å². The molecule has 0 aromatic heterocycles. The minimum atomic E-state index is -4.02. The van der Waals surface area contributed by atoms with E-state index in [2.05, 4.69) is 30.8 Å². The number of hydrogen-bond acceptors (Lipinski definition) is 4. The molecule has 0 aliphatic carbocycles. The average molecular weight is 458 g/mol. The van der Waals surface area contributed by atoms with Crippen LogP contribution in [0.4, 0.5) is 17.1 Å². The number of nitrogens with two attached hydrogens (primary N) is 1. The average Bonchev–Trinajstić information content (AvgIpc) is 2.70. The van der Waals surface area contributed by atoms with Crippen LogP contribution in [0.15, 0.2) is 71.6 Å². The fourth-order valence-electron chi connectivity index (χ4n) is 2.91. The van der Waals surface area contributed by atoms with Gasteiger partial charge < -0.3 is 11.1 Å². The van der Waals surface area contributed by atoms with Crippen LogP contribution >= 0.6 is 11.6 Å². The van der Waals surface area contributed by atoms with E-state index in [1.807, 2.05) is 12.1 Å². The van der Waals surface area contributed by atoms with Crippen LogP contribution in [0.3, 0.4) is 0 Å². The molecule has 0 bridgehead atoms. The molecule has 0 fully saturated rings. The Morgan fingerprint density at radius 2 is 1.61 bits per heavy atom. The zero-order valence-electron chi connectivity index (χ0n) is 17.4. The summed E-state index contributed by atoms with van der Waals surface area (Å²) in [6.07, 6.45) is 0. The van der Waals surface area contributed by atoms with E-state index in [1.54, 1.807) is 42.5 Å². The second kappa shape index (κ2) is 8.61. The Morgan fingerprint density at radius 1 is 0.968 bits per heavy atom. The second-order valence-electron chi connectivity index (χ2n) is 8.12. The number of nitrogens with one attached hydrogen (secondary N) is 2. The summed E-state index contributed by atoms with van der Waals surface area (Å²) in [4.78, 5) is 12.5. The van der Waals surface area contributed by atoms with Crippen molar-refractivity contribution in [1.29, 1.82) is 0 Å². The third-order valence-electron chi connectivity index (χ3n) is 4.69. The van der Waals surface area contributed by atoms with E-state index in [0.29, 0.717) is 11.3 Å². The lowest BCUT2D eigenvalue weighted by atomic mass is 9.87. The molecular weight excluding hydrogens is 434 g/mol. The van der Waals surface area contributed by atoms with E-state index >= 15 is 0 Å². The first-order valence-electron chi connectivity index (χ1n) is 9.56. The van der Waals surface area contributed by atoms with Crippen LogP contribution < -0.4 is 15.8 Å². The van der Waals surface area contributed by atoms with E-state index < -0.39 is 10.0 Å². The topological polar surface area (TPSA) is 101 Å². The lowest BCUT2D eigenvalue weighted by Crippen LogP contribution is -2.17. The van der Waals surface area contributed by atoms with Gasteiger partial charge in [-0.3, -0.25) is 9.52 Å². The van der Waals surface area contributed by atoms with Crippen LogP contribution in [0.1, 0.15) is 36.7 Å². The van der Waals surface area contributed by atoms with Gasteiger partial charge in [0.25, 0.3) is 15.9 Å². The first kappa shape index (κ1) is 22.7. The maximum Gasteiger partial charge on any atom is 0.264 e. The predicted octanol–water partition coefficient (Wildman–Crippen LogP) is 5.27. The number of rotatable bonds is 5. The van der Waals surface area contributed by atoms with Gasteiger partial charge in [-0.2, -0.15) is 0 Å². The first-order chi connectivity index (χ1) is 14.5. The number of para-hydroxylation sites is 1. The fraction of sp³-hybridized carbons (Fsp3) is 0.174. The molecule has 0 aliphatic heterocycles. The summed E-state index contributed by atoms with van der Waals surface area (Å²) in [5, 5.41) is 2.98. The van der Waals surface area contributed by atoms with E-state index in [1.165, 1.54) is 12.1 Å². The van der Waals surface area contributed by atoms with Crippen molar-refractivity contribution in [1.82, 2.24) is 0 Å². The Kier molecular flexibility index (Phi) is 6.29. The Balaban J connectivity index is 1.84. The van der Waals surface area contributed by atoms with Crippen molar-refractivity contribution < 1.29 is 13.2 Å². The second-order valence-corrected chi connectivity index (χ2v) is 10.2. The number of nitrogen functional groups attached to an aromatic ring is 1. The molecule has 0 saturated heterocycles.